The van der Waals surface area contributed by atoms with Crippen LogP contribution >= 0.6 is 11.6 Å². The number of aliphatic hydroxyl groups excluding tert-OH is 1. The van der Waals surface area contributed by atoms with Crippen LogP contribution in [0.5, 0.6) is 0 Å². The minimum Gasteiger partial charge on any atom is -0.464 e. The summed E-state index contributed by atoms with van der Waals surface area (Å²) in [6.07, 6.45) is 3.83. The lowest BCUT2D eigenvalue weighted by molar-refractivity contribution is -0.153. The third-order valence-electron chi connectivity index (χ3n) is 2.20. The van der Waals surface area contributed by atoms with Crippen molar-refractivity contribution in [2.45, 2.75) is 57.4 Å². The van der Waals surface area contributed by atoms with Gasteiger partial charge >= 0.3 is 5.97 Å². The lowest BCUT2D eigenvalue weighted by atomic mass is 10.1. The normalized spacial score (nSPS) is 14.7. The molecule has 1 N–H and O–H groups in total. The predicted octanol–water partition coefficient (Wildman–Crippen LogP) is 2.49. The summed E-state index contributed by atoms with van der Waals surface area (Å²) in [6, 6.07) is 0. The topological polar surface area (TPSA) is 46.5 Å². The van der Waals surface area contributed by atoms with E-state index in [1.54, 1.807) is 6.92 Å². The molecule has 4 heteroatoms. The second kappa shape index (κ2) is 8.98. The molecule has 0 aliphatic heterocycles. The maximum Gasteiger partial charge on any atom is 0.336 e. The number of alkyl halides is 1. The monoisotopic (exact) mass is 236 g/mol. The van der Waals surface area contributed by atoms with Crippen molar-refractivity contribution in [3.8, 4) is 0 Å². The van der Waals surface area contributed by atoms with Crippen LogP contribution in [-0.2, 0) is 9.53 Å². The zero-order chi connectivity index (χ0) is 11.7. The molecule has 1 unspecified atom stereocenters. The Morgan fingerprint density at radius 3 is 2.53 bits per heavy atom. The van der Waals surface area contributed by atoms with Crippen molar-refractivity contribution >= 4 is 17.6 Å². The van der Waals surface area contributed by atoms with Crippen LogP contribution in [0.3, 0.4) is 0 Å². The third kappa shape index (κ3) is 6.74. The van der Waals surface area contributed by atoms with Gasteiger partial charge in [-0.25, -0.2) is 4.79 Å². The summed E-state index contributed by atoms with van der Waals surface area (Å²) in [5, 5.41) is 8.94. The number of rotatable bonds is 8. The minimum atomic E-state index is -1.19. The number of ether oxygens (including phenoxy) is 1. The molecule has 0 saturated heterocycles. The fourth-order valence-corrected chi connectivity index (χ4v) is 1.56. The number of hydrogen-bond acceptors (Lipinski definition) is 3. The van der Waals surface area contributed by atoms with Crippen LogP contribution < -0.4 is 0 Å². The van der Waals surface area contributed by atoms with Gasteiger partial charge in [-0.2, -0.15) is 0 Å². The molecule has 0 aromatic rings. The van der Waals surface area contributed by atoms with E-state index in [9.17, 15) is 9.90 Å². The van der Waals surface area contributed by atoms with Crippen LogP contribution in [0.2, 0.25) is 0 Å². The van der Waals surface area contributed by atoms with Gasteiger partial charge in [-0.05, 0) is 13.3 Å². The quantitative estimate of drug-likeness (QED) is 0.400. The number of hydrogen-bond donors (Lipinski definition) is 1. The van der Waals surface area contributed by atoms with Crippen molar-refractivity contribution in [3.63, 3.8) is 0 Å². The van der Waals surface area contributed by atoms with Crippen molar-refractivity contribution in [3.05, 3.63) is 0 Å². The molecular formula is C11H21ClO3. The van der Waals surface area contributed by atoms with Gasteiger partial charge in [-0.15, -0.1) is 11.6 Å². The van der Waals surface area contributed by atoms with E-state index in [0.717, 1.165) is 19.3 Å². The number of carbonyl (C=O) groups is 1. The van der Waals surface area contributed by atoms with Crippen LogP contribution in [0, 0.1) is 0 Å². The van der Waals surface area contributed by atoms with Gasteiger partial charge in [0.05, 0.1) is 12.0 Å². The number of unbranched alkanes of at least 4 members (excludes halogenated alkanes) is 3. The summed E-state index contributed by atoms with van der Waals surface area (Å²) in [5.74, 6) is -0.618. The predicted molar refractivity (Wildman–Crippen MR) is 61.0 cm³/mol. The second-order valence-electron chi connectivity index (χ2n) is 3.56. The molecule has 0 aromatic carbocycles. The van der Waals surface area contributed by atoms with Crippen LogP contribution in [-0.4, -0.2) is 29.2 Å². The molecule has 15 heavy (non-hydrogen) atoms. The maximum absolute atomic E-state index is 11.1. The van der Waals surface area contributed by atoms with Gasteiger partial charge in [0.25, 0.3) is 0 Å². The molecule has 0 bridgehead atoms. The Labute approximate surface area is 96.8 Å². The molecule has 0 saturated carbocycles. The van der Waals surface area contributed by atoms with Crippen molar-refractivity contribution in [2.24, 2.45) is 0 Å². The molecule has 0 aliphatic carbocycles. The molecule has 0 fully saturated rings. The zero-order valence-corrected chi connectivity index (χ0v) is 10.3. The van der Waals surface area contributed by atoms with Crippen molar-refractivity contribution < 1.29 is 14.6 Å². The number of esters is 1. The van der Waals surface area contributed by atoms with Gasteiger partial charge in [-0.1, -0.05) is 32.6 Å². The van der Waals surface area contributed by atoms with E-state index in [2.05, 4.69) is 11.7 Å². The number of carbonyl (C=O) groups excluding carboxylic acids is 1. The summed E-state index contributed by atoms with van der Waals surface area (Å²) in [7, 11) is 0. The molecule has 0 heterocycles. The van der Waals surface area contributed by atoms with Gasteiger partial charge < -0.3 is 9.84 Å². The van der Waals surface area contributed by atoms with E-state index in [1.807, 2.05) is 0 Å². The highest BCUT2D eigenvalue weighted by Gasteiger charge is 2.24. The SMILES string of the molecule is CCCCCCC(Cl)[C@@H](O)C(=O)OCC. The minimum absolute atomic E-state index is 0.273. The summed E-state index contributed by atoms with van der Waals surface area (Å²) in [5.41, 5.74) is 0. The second-order valence-corrected chi connectivity index (χ2v) is 4.12. The average Bonchev–Trinajstić information content (AvgIpc) is 2.23. The van der Waals surface area contributed by atoms with E-state index < -0.39 is 17.5 Å². The summed E-state index contributed by atoms with van der Waals surface area (Å²) in [4.78, 5) is 11.1. The molecule has 0 rings (SSSR count). The lowest BCUT2D eigenvalue weighted by Gasteiger charge is -2.15. The summed E-state index contributed by atoms with van der Waals surface area (Å²) in [6.45, 7) is 4.11. The maximum atomic E-state index is 11.1. The van der Waals surface area contributed by atoms with E-state index >= 15 is 0 Å². The molecule has 0 amide bonds. The highest BCUT2D eigenvalue weighted by atomic mass is 35.5. The Kier molecular flexibility index (Phi) is 8.82. The Morgan fingerprint density at radius 1 is 1.33 bits per heavy atom. The smallest absolute Gasteiger partial charge is 0.336 e. The Bertz CT molecular complexity index is 173. The molecule has 2 atom stereocenters. The van der Waals surface area contributed by atoms with Crippen molar-refractivity contribution in [1.29, 1.82) is 0 Å². The number of halogens is 1. The van der Waals surface area contributed by atoms with Gasteiger partial charge in [0.2, 0.25) is 0 Å². The van der Waals surface area contributed by atoms with Crippen molar-refractivity contribution in [2.75, 3.05) is 6.61 Å². The van der Waals surface area contributed by atoms with E-state index in [1.165, 1.54) is 6.42 Å². The van der Waals surface area contributed by atoms with Gasteiger partial charge in [0.1, 0.15) is 0 Å². The average molecular weight is 237 g/mol. The van der Waals surface area contributed by atoms with Gasteiger partial charge in [-0.3, -0.25) is 0 Å². The van der Waals surface area contributed by atoms with Gasteiger partial charge in [0, 0.05) is 0 Å². The first-order chi connectivity index (χ1) is 7.13. The summed E-state index contributed by atoms with van der Waals surface area (Å²) < 4.78 is 4.68. The Balaban J connectivity index is 3.68. The fraction of sp³-hybridized carbons (Fsp3) is 0.909. The standard InChI is InChI=1S/C11H21ClO3/c1-3-5-6-7-8-9(12)10(13)11(14)15-4-2/h9-10,13H,3-8H2,1-2H3/t9?,10-/m1/s1. The molecule has 3 nitrogen and oxygen atoms in total. The van der Waals surface area contributed by atoms with Crippen LogP contribution in [0.4, 0.5) is 0 Å². The summed E-state index contributed by atoms with van der Waals surface area (Å²) >= 11 is 5.89. The lowest BCUT2D eigenvalue weighted by Crippen LogP contribution is -2.32. The van der Waals surface area contributed by atoms with E-state index in [4.69, 9.17) is 11.6 Å². The van der Waals surface area contributed by atoms with Crippen LogP contribution in [0.15, 0.2) is 0 Å². The molecular weight excluding hydrogens is 216 g/mol. The zero-order valence-electron chi connectivity index (χ0n) is 9.54. The largest absolute Gasteiger partial charge is 0.464 e. The highest BCUT2D eigenvalue weighted by Crippen LogP contribution is 2.14. The Hall–Kier alpha value is -0.280. The molecule has 0 aliphatic rings. The van der Waals surface area contributed by atoms with E-state index in [0.29, 0.717) is 6.42 Å². The Morgan fingerprint density at radius 2 is 2.00 bits per heavy atom. The van der Waals surface area contributed by atoms with E-state index in [-0.39, 0.29) is 6.61 Å². The molecule has 0 spiro atoms. The number of aliphatic hydroxyl groups is 1. The first kappa shape index (κ1) is 14.7. The molecule has 90 valence electrons. The van der Waals surface area contributed by atoms with Crippen LogP contribution in [0.1, 0.15) is 46.0 Å². The third-order valence-corrected chi connectivity index (χ3v) is 2.66. The van der Waals surface area contributed by atoms with Crippen LogP contribution in [0.25, 0.3) is 0 Å². The highest BCUT2D eigenvalue weighted by molar-refractivity contribution is 6.22. The van der Waals surface area contributed by atoms with Gasteiger partial charge in [0.15, 0.2) is 6.10 Å². The first-order valence-electron chi connectivity index (χ1n) is 5.62. The molecule has 0 aromatic heterocycles. The fourth-order valence-electron chi connectivity index (χ4n) is 1.30. The van der Waals surface area contributed by atoms with Crippen molar-refractivity contribution in [1.82, 2.24) is 0 Å². The first-order valence-corrected chi connectivity index (χ1v) is 6.05. The molecule has 0 radical (unpaired) electrons.